The number of rotatable bonds is 2. The van der Waals surface area contributed by atoms with Crippen molar-refractivity contribution in [3.8, 4) is 0 Å². The number of sulfonamides is 1. The van der Waals surface area contributed by atoms with E-state index in [2.05, 4.69) is 15.5 Å². The van der Waals surface area contributed by atoms with Crippen molar-refractivity contribution in [2.24, 2.45) is 0 Å². The summed E-state index contributed by atoms with van der Waals surface area (Å²) in [5.74, 6) is 0. The van der Waals surface area contributed by atoms with Gasteiger partial charge in [-0.05, 0) is 13.0 Å². The molecule has 84 valence electrons. The van der Waals surface area contributed by atoms with E-state index in [-0.39, 0.29) is 11.1 Å². The molecule has 1 aromatic rings. The van der Waals surface area contributed by atoms with Gasteiger partial charge in [0.2, 0.25) is 0 Å². The monoisotopic (exact) mass is 230 g/mol. The molecule has 0 radical (unpaired) electrons. The Morgan fingerprint density at radius 3 is 3.00 bits per heavy atom. The molecule has 0 bridgehead atoms. The van der Waals surface area contributed by atoms with Crippen molar-refractivity contribution in [2.75, 3.05) is 19.6 Å². The third-order valence-corrected chi connectivity index (χ3v) is 4.45. The maximum atomic E-state index is 12.1. The predicted octanol–water partition coefficient (Wildman–Crippen LogP) is -0.608. The number of aromatic nitrogens is 2. The maximum Gasteiger partial charge on any atom is 0.260 e. The summed E-state index contributed by atoms with van der Waals surface area (Å²) in [7, 11) is -3.39. The molecule has 7 heteroatoms. The molecule has 1 aliphatic heterocycles. The molecule has 1 saturated heterocycles. The summed E-state index contributed by atoms with van der Waals surface area (Å²) in [5.41, 5.74) is 0. The normalized spacial score (nSPS) is 24.2. The lowest BCUT2D eigenvalue weighted by Crippen LogP contribution is -2.52. The van der Waals surface area contributed by atoms with Crippen molar-refractivity contribution < 1.29 is 8.42 Å². The lowest BCUT2D eigenvalue weighted by Gasteiger charge is -2.32. The minimum Gasteiger partial charge on any atom is -0.314 e. The third-order valence-electron chi connectivity index (χ3n) is 2.50. The molecule has 1 atom stereocenters. The van der Waals surface area contributed by atoms with Crippen LogP contribution in [0.4, 0.5) is 0 Å². The largest absolute Gasteiger partial charge is 0.314 e. The fourth-order valence-corrected chi connectivity index (χ4v) is 3.23. The van der Waals surface area contributed by atoms with Crippen LogP contribution >= 0.6 is 0 Å². The van der Waals surface area contributed by atoms with Crippen LogP contribution in [0.1, 0.15) is 6.92 Å². The van der Waals surface area contributed by atoms with Gasteiger partial charge in [-0.1, -0.05) is 0 Å². The first-order chi connectivity index (χ1) is 7.12. The quantitative estimate of drug-likeness (QED) is 0.710. The van der Waals surface area contributed by atoms with Gasteiger partial charge in [-0.25, -0.2) is 8.42 Å². The van der Waals surface area contributed by atoms with Gasteiger partial charge in [0.25, 0.3) is 10.0 Å². The number of nitrogens with zero attached hydrogens (tertiary/aromatic N) is 2. The van der Waals surface area contributed by atoms with Crippen molar-refractivity contribution in [2.45, 2.75) is 18.0 Å². The second kappa shape index (κ2) is 3.92. The van der Waals surface area contributed by atoms with E-state index < -0.39 is 10.0 Å². The Morgan fingerprint density at radius 1 is 1.60 bits per heavy atom. The molecule has 0 amide bonds. The number of aromatic amines is 1. The topological polar surface area (TPSA) is 78.1 Å². The summed E-state index contributed by atoms with van der Waals surface area (Å²) in [5, 5.41) is 9.47. The second-order valence-corrected chi connectivity index (χ2v) is 5.45. The average Bonchev–Trinajstić information content (AvgIpc) is 2.71. The Kier molecular flexibility index (Phi) is 2.76. The molecule has 2 N–H and O–H groups in total. The number of hydrogen-bond donors (Lipinski definition) is 2. The van der Waals surface area contributed by atoms with E-state index in [4.69, 9.17) is 0 Å². The Labute approximate surface area is 88.7 Å². The first-order valence-electron chi connectivity index (χ1n) is 4.84. The maximum absolute atomic E-state index is 12.1. The molecule has 0 saturated carbocycles. The predicted molar refractivity (Wildman–Crippen MR) is 54.8 cm³/mol. The standard InChI is InChI=1S/C8H14N4O2S/c1-7-6-9-4-5-12(7)15(13,14)8-2-3-10-11-8/h2-3,7,9H,4-6H2,1H3,(H,10,11). The summed E-state index contributed by atoms with van der Waals surface area (Å²) >= 11 is 0. The molecule has 15 heavy (non-hydrogen) atoms. The van der Waals surface area contributed by atoms with Crippen LogP contribution in [0.25, 0.3) is 0 Å². The number of H-pyrrole nitrogens is 1. The highest BCUT2D eigenvalue weighted by molar-refractivity contribution is 7.89. The molecule has 2 rings (SSSR count). The zero-order valence-electron chi connectivity index (χ0n) is 8.47. The molecular weight excluding hydrogens is 216 g/mol. The molecule has 1 fully saturated rings. The molecule has 0 aromatic carbocycles. The van der Waals surface area contributed by atoms with E-state index >= 15 is 0 Å². The summed E-state index contributed by atoms with van der Waals surface area (Å²) in [6.45, 7) is 3.77. The number of nitrogens with one attached hydrogen (secondary N) is 2. The summed E-state index contributed by atoms with van der Waals surface area (Å²) in [4.78, 5) is 0. The van der Waals surface area contributed by atoms with Gasteiger partial charge >= 0.3 is 0 Å². The molecule has 0 aliphatic carbocycles. The van der Waals surface area contributed by atoms with E-state index in [0.29, 0.717) is 19.6 Å². The number of hydrogen-bond acceptors (Lipinski definition) is 4. The van der Waals surface area contributed by atoms with E-state index in [1.807, 2.05) is 6.92 Å². The van der Waals surface area contributed by atoms with Gasteiger partial charge in [0, 0.05) is 25.7 Å². The van der Waals surface area contributed by atoms with Gasteiger partial charge < -0.3 is 5.32 Å². The van der Waals surface area contributed by atoms with Crippen molar-refractivity contribution >= 4 is 10.0 Å². The van der Waals surface area contributed by atoms with Gasteiger partial charge in [-0.3, -0.25) is 5.10 Å². The molecule has 6 nitrogen and oxygen atoms in total. The lowest BCUT2D eigenvalue weighted by molar-refractivity contribution is 0.283. The van der Waals surface area contributed by atoms with Gasteiger partial charge in [0.1, 0.15) is 0 Å². The Morgan fingerprint density at radius 2 is 2.40 bits per heavy atom. The van der Waals surface area contributed by atoms with Gasteiger partial charge in [0.05, 0.1) is 6.20 Å². The summed E-state index contributed by atoms with van der Waals surface area (Å²) in [6.07, 6.45) is 1.44. The number of piperazine rings is 1. The van der Waals surface area contributed by atoms with Crippen molar-refractivity contribution in [3.63, 3.8) is 0 Å². The van der Waals surface area contributed by atoms with Crippen LogP contribution in [0.2, 0.25) is 0 Å². The van der Waals surface area contributed by atoms with E-state index in [9.17, 15) is 8.42 Å². The van der Waals surface area contributed by atoms with Crippen LogP contribution in [0.5, 0.6) is 0 Å². The third kappa shape index (κ3) is 1.90. The summed E-state index contributed by atoms with van der Waals surface area (Å²) in [6, 6.07) is 1.46. The van der Waals surface area contributed by atoms with Crippen LogP contribution in [-0.2, 0) is 10.0 Å². The van der Waals surface area contributed by atoms with E-state index in [1.165, 1.54) is 16.6 Å². The minimum atomic E-state index is -3.39. The van der Waals surface area contributed by atoms with Gasteiger partial charge in [-0.15, -0.1) is 0 Å². The highest BCUT2D eigenvalue weighted by atomic mass is 32.2. The fourth-order valence-electron chi connectivity index (χ4n) is 1.69. The van der Waals surface area contributed by atoms with Gasteiger partial charge in [0.15, 0.2) is 5.03 Å². The summed E-state index contributed by atoms with van der Waals surface area (Å²) < 4.78 is 25.7. The second-order valence-electron chi connectivity index (χ2n) is 3.59. The molecule has 0 spiro atoms. The SMILES string of the molecule is CC1CNCCN1S(=O)(=O)c1ccn[nH]1. The van der Waals surface area contributed by atoms with Crippen LogP contribution in [0.15, 0.2) is 17.3 Å². The molecular formula is C8H14N4O2S. The fraction of sp³-hybridized carbons (Fsp3) is 0.625. The molecule has 1 aromatic heterocycles. The van der Waals surface area contributed by atoms with Crippen molar-refractivity contribution in [3.05, 3.63) is 12.3 Å². The van der Waals surface area contributed by atoms with Crippen LogP contribution < -0.4 is 5.32 Å². The zero-order chi connectivity index (χ0) is 10.9. The van der Waals surface area contributed by atoms with Crippen molar-refractivity contribution in [1.29, 1.82) is 0 Å². The van der Waals surface area contributed by atoms with E-state index in [0.717, 1.165) is 0 Å². The minimum absolute atomic E-state index is 0.0213. The van der Waals surface area contributed by atoms with E-state index in [1.54, 1.807) is 0 Å². The highest BCUT2D eigenvalue weighted by Crippen LogP contribution is 2.16. The van der Waals surface area contributed by atoms with Crippen LogP contribution in [0, 0.1) is 0 Å². The van der Waals surface area contributed by atoms with Gasteiger partial charge in [-0.2, -0.15) is 9.40 Å². The smallest absolute Gasteiger partial charge is 0.260 e. The molecule has 1 unspecified atom stereocenters. The first-order valence-corrected chi connectivity index (χ1v) is 6.28. The lowest BCUT2D eigenvalue weighted by atomic mass is 10.3. The average molecular weight is 230 g/mol. The van der Waals surface area contributed by atoms with Crippen LogP contribution in [-0.4, -0.2) is 48.6 Å². The Hall–Kier alpha value is -0.920. The highest BCUT2D eigenvalue weighted by Gasteiger charge is 2.31. The Balaban J connectivity index is 2.29. The zero-order valence-corrected chi connectivity index (χ0v) is 9.29. The molecule has 1 aliphatic rings. The Bertz CT molecular complexity index is 414. The van der Waals surface area contributed by atoms with Crippen LogP contribution in [0.3, 0.4) is 0 Å². The van der Waals surface area contributed by atoms with Crippen molar-refractivity contribution in [1.82, 2.24) is 19.8 Å². The first kappa shape index (κ1) is 10.6. The molecule has 2 heterocycles.